The van der Waals surface area contributed by atoms with Gasteiger partial charge in [-0.1, -0.05) is 51.0 Å². The number of hydrogen-bond acceptors (Lipinski definition) is 3. The maximum atomic E-state index is 10.8. The zero-order valence-electron chi connectivity index (χ0n) is 13.8. The van der Waals surface area contributed by atoms with Gasteiger partial charge in [0.05, 0.1) is 6.42 Å². The highest BCUT2D eigenvalue weighted by Crippen LogP contribution is 2.22. The smallest absolute Gasteiger partial charge is 0.303 e. The standard InChI is InChI=1S/C19H24N2O2/c1-3-4-5-6-15-12-20-19(21-13-15)17-9-7-16(8-10-17)14(2)11-18(22)23/h7-10,12-14H,3-6,11H2,1-2H3,(H,22,23). The SMILES string of the molecule is CCCCCc1cnc(-c2ccc(C(C)CC(=O)O)cc2)nc1. The molecule has 4 heteroatoms. The summed E-state index contributed by atoms with van der Waals surface area (Å²) >= 11 is 0. The van der Waals surface area contributed by atoms with Crippen molar-refractivity contribution in [1.82, 2.24) is 9.97 Å². The molecule has 0 aliphatic rings. The summed E-state index contributed by atoms with van der Waals surface area (Å²) in [6.45, 7) is 4.12. The van der Waals surface area contributed by atoms with E-state index in [-0.39, 0.29) is 12.3 Å². The Labute approximate surface area is 137 Å². The van der Waals surface area contributed by atoms with Crippen molar-refractivity contribution < 1.29 is 9.90 Å². The van der Waals surface area contributed by atoms with Gasteiger partial charge in [0, 0.05) is 18.0 Å². The molecule has 1 N–H and O–H groups in total. The highest BCUT2D eigenvalue weighted by Gasteiger charge is 2.10. The van der Waals surface area contributed by atoms with E-state index in [0.717, 1.165) is 17.5 Å². The molecule has 1 heterocycles. The van der Waals surface area contributed by atoms with Crippen LogP contribution < -0.4 is 0 Å². The molecule has 0 aliphatic heterocycles. The van der Waals surface area contributed by atoms with E-state index >= 15 is 0 Å². The second kappa shape index (κ2) is 8.42. The number of carboxylic acid groups (broad SMARTS) is 1. The van der Waals surface area contributed by atoms with Gasteiger partial charge in [-0.15, -0.1) is 0 Å². The molecule has 1 atom stereocenters. The Morgan fingerprint density at radius 2 is 1.78 bits per heavy atom. The molecule has 0 amide bonds. The Kier molecular flexibility index (Phi) is 6.27. The number of aryl methyl sites for hydroxylation is 1. The normalized spacial score (nSPS) is 12.1. The zero-order chi connectivity index (χ0) is 16.7. The van der Waals surface area contributed by atoms with Crippen LogP contribution in [0.4, 0.5) is 0 Å². The maximum absolute atomic E-state index is 10.8. The molecular formula is C19H24N2O2. The van der Waals surface area contributed by atoms with E-state index in [4.69, 9.17) is 5.11 Å². The van der Waals surface area contributed by atoms with Gasteiger partial charge in [-0.25, -0.2) is 9.97 Å². The number of rotatable bonds is 8. The van der Waals surface area contributed by atoms with Crippen molar-refractivity contribution in [3.8, 4) is 11.4 Å². The highest BCUT2D eigenvalue weighted by atomic mass is 16.4. The van der Waals surface area contributed by atoms with Gasteiger partial charge in [0.25, 0.3) is 0 Å². The van der Waals surface area contributed by atoms with Crippen LogP contribution in [-0.4, -0.2) is 21.0 Å². The van der Waals surface area contributed by atoms with E-state index in [9.17, 15) is 4.79 Å². The molecule has 1 aromatic carbocycles. The number of hydrogen-bond donors (Lipinski definition) is 1. The molecule has 122 valence electrons. The molecule has 2 aromatic rings. The summed E-state index contributed by atoms with van der Waals surface area (Å²) in [5.41, 5.74) is 3.15. The van der Waals surface area contributed by atoms with Gasteiger partial charge in [0.1, 0.15) is 0 Å². The lowest BCUT2D eigenvalue weighted by atomic mass is 9.97. The van der Waals surface area contributed by atoms with Crippen LogP contribution in [0.1, 0.15) is 56.6 Å². The quantitative estimate of drug-likeness (QED) is 0.731. The minimum absolute atomic E-state index is 0.00316. The summed E-state index contributed by atoms with van der Waals surface area (Å²) in [5.74, 6) is -0.0614. The molecule has 0 aliphatic carbocycles. The van der Waals surface area contributed by atoms with Crippen molar-refractivity contribution >= 4 is 5.97 Å². The summed E-state index contributed by atoms with van der Waals surface area (Å²) < 4.78 is 0. The molecule has 0 saturated carbocycles. The minimum Gasteiger partial charge on any atom is -0.481 e. The van der Waals surface area contributed by atoms with Crippen molar-refractivity contribution in [2.24, 2.45) is 0 Å². The summed E-state index contributed by atoms with van der Waals surface area (Å²) in [6, 6.07) is 7.84. The van der Waals surface area contributed by atoms with Crippen LogP contribution in [-0.2, 0) is 11.2 Å². The minimum atomic E-state index is -0.774. The first kappa shape index (κ1) is 17.1. The third-order valence-electron chi connectivity index (χ3n) is 3.99. The zero-order valence-corrected chi connectivity index (χ0v) is 13.8. The van der Waals surface area contributed by atoms with Gasteiger partial charge in [-0.3, -0.25) is 4.79 Å². The number of unbranched alkanes of at least 4 members (excludes halogenated alkanes) is 2. The second-order valence-electron chi connectivity index (χ2n) is 5.99. The predicted molar refractivity (Wildman–Crippen MR) is 91.4 cm³/mol. The van der Waals surface area contributed by atoms with E-state index in [2.05, 4.69) is 16.9 Å². The van der Waals surface area contributed by atoms with Crippen LogP contribution in [0.5, 0.6) is 0 Å². The average Bonchev–Trinajstić information content (AvgIpc) is 2.55. The van der Waals surface area contributed by atoms with Crippen LogP contribution in [0.2, 0.25) is 0 Å². The number of benzene rings is 1. The van der Waals surface area contributed by atoms with Crippen molar-refractivity contribution in [3.63, 3.8) is 0 Å². The van der Waals surface area contributed by atoms with Crippen LogP contribution in [0.3, 0.4) is 0 Å². The van der Waals surface area contributed by atoms with Crippen molar-refractivity contribution in [2.75, 3.05) is 0 Å². The molecule has 1 aromatic heterocycles. The fraction of sp³-hybridized carbons (Fsp3) is 0.421. The van der Waals surface area contributed by atoms with Gasteiger partial charge in [0.15, 0.2) is 5.82 Å². The third-order valence-corrected chi connectivity index (χ3v) is 3.99. The number of carboxylic acids is 1. The van der Waals surface area contributed by atoms with Gasteiger partial charge >= 0.3 is 5.97 Å². The first-order valence-corrected chi connectivity index (χ1v) is 8.23. The summed E-state index contributed by atoms with van der Waals surface area (Å²) in [6.07, 6.45) is 8.60. The number of aliphatic carboxylic acids is 1. The second-order valence-corrected chi connectivity index (χ2v) is 5.99. The molecule has 1 unspecified atom stereocenters. The fourth-order valence-electron chi connectivity index (χ4n) is 2.55. The molecule has 0 saturated heterocycles. The summed E-state index contributed by atoms with van der Waals surface area (Å²) in [5, 5.41) is 8.86. The predicted octanol–water partition coefficient (Wildman–Crippen LogP) is 4.45. The molecule has 2 rings (SSSR count). The molecular weight excluding hydrogens is 288 g/mol. The Balaban J connectivity index is 2.03. The number of nitrogens with zero attached hydrogens (tertiary/aromatic N) is 2. The lowest BCUT2D eigenvalue weighted by molar-refractivity contribution is -0.137. The van der Waals surface area contributed by atoms with Crippen LogP contribution in [0.25, 0.3) is 11.4 Å². The molecule has 0 radical (unpaired) electrons. The first-order valence-electron chi connectivity index (χ1n) is 8.23. The number of carbonyl (C=O) groups is 1. The van der Waals surface area contributed by atoms with Gasteiger partial charge in [-0.05, 0) is 29.9 Å². The molecule has 0 fully saturated rings. The Morgan fingerprint density at radius 1 is 1.13 bits per heavy atom. The summed E-state index contributed by atoms with van der Waals surface area (Å²) in [4.78, 5) is 19.7. The maximum Gasteiger partial charge on any atom is 0.303 e. The van der Waals surface area contributed by atoms with Crippen LogP contribution in [0, 0.1) is 0 Å². The van der Waals surface area contributed by atoms with Crippen molar-refractivity contribution in [2.45, 2.75) is 51.9 Å². The lowest BCUT2D eigenvalue weighted by Gasteiger charge is -2.09. The topological polar surface area (TPSA) is 63.1 Å². The highest BCUT2D eigenvalue weighted by molar-refractivity contribution is 5.68. The Hall–Kier alpha value is -2.23. The number of aromatic nitrogens is 2. The molecule has 23 heavy (non-hydrogen) atoms. The van der Waals surface area contributed by atoms with Gasteiger partial charge < -0.3 is 5.11 Å². The Morgan fingerprint density at radius 3 is 2.35 bits per heavy atom. The van der Waals surface area contributed by atoms with Crippen LogP contribution in [0.15, 0.2) is 36.7 Å². The van der Waals surface area contributed by atoms with Crippen LogP contribution >= 0.6 is 0 Å². The molecule has 4 nitrogen and oxygen atoms in total. The van der Waals surface area contributed by atoms with E-state index in [1.54, 1.807) is 0 Å². The largest absolute Gasteiger partial charge is 0.481 e. The molecule has 0 spiro atoms. The van der Waals surface area contributed by atoms with E-state index in [1.165, 1.54) is 24.8 Å². The van der Waals surface area contributed by atoms with Crippen molar-refractivity contribution in [3.05, 3.63) is 47.8 Å². The first-order chi connectivity index (χ1) is 11.1. The van der Waals surface area contributed by atoms with E-state index < -0.39 is 5.97 Å². The lowest BCUT2D eigenvalue weighted by Crippen LogP contribution is -2.02. The molecule has 0 bridgehead atoms. The Bertz CT molecular complexity index is 621. The van der Waals surface area contributed by atoms with E-state index in [0.29, 0.717) is 5.82 Å². The fourth-order valence-corrected chi connectivity index (χ4v) is 2.55. The average molecular weight is 312 g/mol. The van der Waals surface area contributed by atoms with E-state index in [1.807, 2.05) is 43.6 Å². The summed E-state index contributed by atoms with van der Waals surface area (Å²) in [7, 11) is 0. The monoisotopic (exact) mass is 312 g/mol. The van der Waals surface area contributed by atoms with Gasteiger partial charge in [0.2, 0.25) is 0 Å². The van der Waals surface area contributed by atoms with Gasteiger partial charge in [-0.2, -0.15) is 0 Å². The van der Waals surface area contributed by atoms with Crippen molar-refractivity contribution in [1.29, 1.82) is 0 Å². The third kappa shape index (κ3) is 5.16.